The molecule has 3 N–H and O–H groups in total. The molecular formula is C11H14F2N2O. The number of carbonyl (C=O) groups excluding carboxylic acids is 1. The van der Waals surface area contributed by atoms with Crippen molar-refractivity contribution in [2.24, 2.45) is 5.73 Å². The van der Waals surface area contributed by atoms with Crippen molar-refractivity contribution < 1.29 is 13.6 Å². The summed E-state index contributed by atoms with van der Waals surface area (Å²) in [4.78, 5) is 11.4. The van der Waals surface area contributed by atoms with Crippen LogP contribution in [0.4, 0.5) is 8.78 Å². The minimum Gasteiger partial charge on any atom is -0.352 e. The molecule has 0 saturated heterocycles. The van der Waals surface area contributed by atoms with Crippen molar-refractivity contribution in [1.82, 2.24) is 5.32 Å². The molecule has 0 radical (unpaired) electrons. The number of benzene rings is 1. The number of hydrogen-bond donors (Lipinski definition) is 2. The van der Waals surface area contributed by atoms with Gasteiger partial charge in [-0.15, -0.1) is 0 Å². The number of carbonyl (C=O) groups is 1. The molecule has 1 unspecified atom stereocenters. The van der Waals surface area contributed by atoms with E-state index in [0.717, 1.165) is 12.1 Å². The Labute approximate surface area is 92.6 Å². The van der Waals surface area contributed by atoms with Gasteiger partial charge in [0.1, 0.15) is 11.6 Å². The van der Waals surface area contributed by atoms with Gasteiger partial charge in [-0.1, -0.05) is 0 Å². The highest BCUT2D eigenvalue weighted by atomic mass is 19.1. The van der Waals surface area contributed by atoms with E-state index in [1.165, 1.54) is 0 Å². The zero-order valence-electron chi connectivity index (χ0n) is 8.97. The summed E-state index contributed by atoms with van der Waals surface area (Å²) >= 11 is 0. The molecule has 0 aliphatic carbocycles. The topological polar surface area (TPSA) is 55.1 Å². The summed E-state index contributed by atoms with van der Waals surface area (Å²) in [7, 11) is 0. The van der Waals surface area contributed by atoms with Crippen LogP contribution in [0.25, 0.3) is 0 Å². The second-order valence-electron chi connectivity index (χ2n) is 3.65. The smallest absolute Gasteiger partial charge is 0.254 e. The lowest BCUT2D eigenvalue weighted by Crippen LogP contribution is -2.29. The largest absolute Gasteiger partial charge is 0.352 e. The first-order valence-electron chi connectivity index (χ1n) is 4.99. The average Bonchev–Trinajstić information content (AvgIpc) is 2.16. The Kier molecular flexibility index (Phi) is 4.37. The Morgan fingerprint density at radius 1 is 1.50 bits per heavy atom. The van der Waals surface area contributed by atoms with Crippen LogP contribution >= 0.6 is 0 Å². The number of amides is 1. The van der Waals surface area contributed by atoms with Crippen LogP contribution in [-0.4, -0.2) is 18.5 Å². The number of halogens is 2. The van der Waals surface area contributed by atoms with Crippen LogP contribution in [0, 0.1) is 11.6 Å². The van der Waals surface area contributed by atoms with Crippen LogP contribution in [0.5, 0.6) is 0 Å². The highest BCUT2D eigenvalue weighted by Gasteiger charge is 2.11. The minimum absolute atomic E-state index is 0.0293. The van der Waals surface area contributed by atoms with Gasteiger partial charge in [0.05, 0.1) is 5.56 Å². The fourth-order valence-corrected chi connectivity index (χ4v) is 1.18. The lowest BCUT2D eigenvalue weighted by Gasteiger charge is -2.07. The summed E-state index contributed by atoms with van der Waals surface area (Å²) in [5.41, 5.74) is 5.33. The summed E-state index contributed by atoms with van der Waals surface area (Å²) < 4.78 is 25.7. The number of nitrogens with two attached hydrogens (primary N) is 1. The molecule has 1 aromatic rings. The van der Waals surface area contributed by atoms with Crippen molar-refractivity contribution in [3.63, 3.8) is 0 Å². The van der Waals surface area contributed by atoms with Crippen molar-refractivity contribution in [2.75, 3.05) is 6.54 Å². The number of rotatable bonds is 4. The summed E-state index contributed by atoms with van der Waals surface area (Å²) in [5, 5.41) is 2.51. The summed E-state index contributed by atoms with van der Waals surface area (Å²) in [6.45, 7) is 2.18. The van der Waals surface area contributed by atoms with E-state index in [1.54, 1.807) is 0 Å². The molecule has 1 aromatic carbocycles. The van der Waals surface area contributed by atoms with Crippen LogP contribution in [0.15, 0.2) is 18.2 Å². The molecule has 0 aliphatic rings. The van der Waals surface area contributed by atoms with Crippen molar-refractivity contribution in [1.29, 1.82) is 0 Å². The lowest BCUT2D eigenvalue weighted by atomic mass is 10.2. The fourth-order valence-electron chi connectivity index (χ4n) is 1.18. The molecule has 0 spiro atoms. The van der Waals surface area contributed by atoms with E-state index in [2.05, 4.69) is 5.32 Å². The van der Waals surface area contributed by atoms with Crippen LogP contribution in [0.3, 0.4) is 0 Å². The van der Waals surface area contributed by atoms with E-state index < -0.39 is 17.5 Å². The summed E-state index contributed by atoms with van der Waals surface area (Å²) in [6, 6.07) is 2.81. The molecular weight excluding hydrogens is 214 g/mol. The first kappa shape index (κ1) is 12.6. The molecule has 3 nitrogen and oxygen atoms in total. The minimum atomic E-state index is -0.863. The van der Waals surface area contributed by atoms with Crippen molar-refractivity contribution >= 4 is 5.91 Å². The lowest BCUT2D eigenvalue weighted by molar-refractivity contribution is 0.0948. The average molecular weight is 228 g/mol. The number of hydrogen-bond acceptors (Lipinski definition) is 2. The first-order valence-corrected chi connectivity index (χ1v) is 4.99. The molecule has 1 atom stereocenters. The van der Waals surface area contributed by atoms with Gasteiger partial charge in [-0.25, -0.2) is 8.78 Å². The van der Waals surface area contributed by atoms with E-state index in [4.69, 9.17) is 5.73 Å². The molecule has 0 bridgehead atoms. The molecule has 0 fully saturated rings. The maximum atomic E-state index is 13.2. The molecule has 1 rings (SSSR count). The predicted molar refractivity (Wildman–Crippen MR) is 57.0 cm³/mol. The molecule has 0 heterocycles. The van der Waals surface area contributed by atoms with E-state index in [1.807, 2.05) is 6.92 Å². The second kappa shape index (κ2) is 5.55. The first-order chi connectivity index (χ1) is 7.50. The van der Waals surface area contributed by atoms with Crippen molar-refractivity contribution in [2.45, 2.75) is 19.4 Å². The van der Waals surface area contributed by atoms with Gasteiger partial charge in [-0.05, 0) is 25.5 Å². The van der Waals surface area contributed by atoms with Gasteiger partial charge in [0, 0.05) is 18.7 Å². The van der Waals surface area contributed by atoms with Gasteiger partial charge in [-0.3, -0.25) is 4.79 Å². The summed E-state index contributed by atoms with van der Waals surface area (Å²) in [5.74, 6) is -2.12. The zero-order chi connectivity index (χ0) is 12.1. The van der Waals surface area contributed by atoms with E-state index in [0.29, 0.717) is 19.0 Å². The summed E-state index contributed by atoms with van der Waals surface area (Å²) in [6.07, 6.45) is 0.606. The Morgan fingerprint density at radius 3 is 2.75 bits per heavy atom. The fraction of sp³-hybridized carbons (Fsp3) is 0.364. The van der Waals surface area contributed by atoms with E-state index >= 15 is 0 Å². The van der Waals surface area contributed by atoms with Gasteiger partial charge in [0.25, 0.3) is 5.91 Å². The predicted octanol–water partition coefficient (Wildman–Crippen LogP) is 1.43. The quantitative estimate of drug-likeness (QED) is 0.819. The third kappa shape index (κ3) is 3.58. The zero-order valence-corrected chi connectivity index (χ0v) is 8.97. The van der Waals surface area contributed by atoms with Crippen LogP contribution in [-0.2, 0) is 0 Å². The normalized spacial score (nSPS) is 12.2. The highest BCUT2D eigenvalue weighted by molar-refractivity contribution is 5.94. The van der Waals surface area contributed by atoms with Gasteiger partial charge in [0.15, 0.2) is 0 Å². The number of nitrogens with one attached hydrogen (secondary N) is 1. The molecule has 88 valence electrons. The van der Waals surface area contributed by atoms with Crippen molar-refractivity contribution in [3.05, 3.63) is 35.4 Å². The van der Waals surface area contributed by atoms with Crippen molar-refractivity contribution in [3.8, 4) is 0 Å². The molecule has 0 saturated carbocycles. The Morgan fingerprint density at radius 2 is 2.19 bits per heavy atom. The molecule has 0 aliphatic heterocycles. The van der Waals surface area contributed by atoms with Crippen LogP contribution in [0.2, 0.25) is 0 Å². The van der Waals surface area contributed by atoms with E-state index in [-0.39, 0.29) is 11.6 Å². The molecule has 0 aromatic heterocycles. The molecule has 16 heavy (non-hydrogen) atoms. The monoisotopic (exact) mass is 228 g/mol. The Bertz CT molecular complexity index is 380. The van der Waals surface area contributed by atoms with E-state index in [9.17, 15) is 13.6 Å². The maximum Gasteiger partial charge on any atom is 0.254 e. The van der Waals surface area contributed by atoms with Gasteiger partial charge >= 0.3 is 0 Å². The maximum absolute atomic E-state index is 13.2. The van der Waals surface area contributed by atoms with Crippen LogP contribution in [0.1, 0.15) is 23.7 Å². The van der Waals surface area contributed by atoms with Crippen LogP contribution < -0.4 is 11.1 Å². The molecule has 5 heteroatoms. The highest BCUT2D eigenvalue weighted by Crippen LogP contribution is 2.09. The Hall–Kier alpha value is -1.49. The van der Waals surface area contributed by atoms with Gasteiger partial charge < -0.3 is 11.1 Å². The van der Waals surface area contributed by atoms with Gasteiger partial charge in [-0.2, -0.15) is 0 Å². The SMILES string of the molecule is CC(N)CCNC(=O)c1ccc(F)cc1F. The third-order valence-electron chi connectivity index (χ3n) is 2.06. The third-order valence-corrected chi connectivity index (χ3v) is 2.06. The molecule has 1 amide bonds. The van der Waals surface area contributed by atoms with Gasteiger partial charge in [0.2, 0.25) is 0 Å². The Balaban J connectivity index is 2.59. The standard InChI is InChI=1S/C11H14F2N2O/c1-7(14)4-5-15-11(16)9-3-2-8(12)6-10(9)13/h2-3,6-7H,4-5,14H2,1H3,(H,15,16). The second-order valence-corrected chi connectivity index (χ2v) is 3.65.